The number of fused-ring (bicyclic) bond motifs is 1. The lowest BCUT2D eigenvalue weighted by Gasteiger charge is -2.13. The zero-order valence-electron chi connectivity index (χ0n) is 12.8. The van der Waals surface area contributed by atoms with Crippen LogP contribution in [0.5, 0.6) is 5.75 Å². The second-order valence-electron chi connectivity index (χ2n) is 5.05. The fourth-order valence-corrected chi connectivity index (χ4v) is 2.87. The van der Waals surface area contributed by atoms with Gasteiger partial charge in [-0.1, -0.05) is 30.3 Å². The highest BCUT2D eigenvalue weighted by molar-refractivity contribution is 9.10. The van der Waals surface area contributed by atoms with Gasteiger partial charge < -0.3 is 9.47 Å². The largest absolute Gasteiger partial charge is 0.486 e. The van der Waals surface area contributed by atoms with Gasteiger partial charge in [-0.15, -0.1) is 0 Å². The van der Waals surface area contributed by atoms with E-state index in [4.69, 9.17) is 9.47 Å². The first-order valence-corrected chi connectivity index (χ1v) is 7.92. The number of esters is 1. The molecule has 0 bridgehead atoms. The van der Waals surface area contributed by atoms with E-state index in [2.05, 4.69) is 20.9 Å². The van der Waals surface area contributed by atoms with Gasteiger partial charge in [-0.2, -0.15) is 0 Å². The molecular formula is C18H13BrFNO3. The first-order valence-electron chi connectivity index (χ1n) is 7.13. The van der Waals surface area contributed by atoms with E-state index in [0.717, 1.165) is 5.56 Å². The van der Waals surface area contributed by atoms with Crippen LogP contribution in [-0.4, -0.2) is 18.1 Å². The number of nitrogens with zero attached hydrogens (tertiary/aromatic N) is 1. The number of halogens is 2. The minimum Gasteiger partial charge on any atom is -0.486 e. The van der Waals surface area contributed by atoms with E-state index in [1.807, 2.05) is 30.3 Å². The van der Waals surface area contributed by atoms with Crippen LogP contribution < -0.4 is 4.74 Å². The maximum absolute atomic E-state index is 13.8. The second-order valence-corrected chi connectivity index (χ2v) is 5.90. The van der Waals surface area contributed by atoms with E-state index in [0.29, 0.717) is 15.2 Å². The third-order valence-electron chi connectivity index (χ3n) is 3.48. The lowest BCUT2D eigenvalue weighted by Crippen LogP contribution is -2.09. The van der Waals surface area contributed by atoms with Crippen molar-refractivity contribution in [2.24, 2.45) is 0 Å². The number of carbonyl (C=O) groups is 1. The Morgan fingerprint density at radius 1 is 1.21 bits per heavy atom. The van der Waals surface area contributed by atoms with E-state index < -0.39 is 11.8 Å². The van der Waals surface area contributed by atoms with Crippen molar-refractivity contribution < 1.29 is 18.7 Å². The number of hydrogen-bond acceptors (Lipinski definition) is 4. The molecule has 6 heteroatoms. The van der Waals surface area contributed by atoms with Gasteiger partial charge in [0, 0.05) is 21.4 Å². The predicted molar refractivity (Wildman–Crippen MR) is 91.5 cm³/mol. The van der Waals surface area contributed by atoms with E-state index in [9.17, 15) is 9.18 Å². The van der Waals surface area contributed by atoms with Gasteiger partial charge in [-0.05, 0) is 33.6 Å². The smallest absolute Gasteiger partial charge is 0.360 e. The minimum absolute atomic E-state index is 0.0124. The highest BCUT2D eigenvalue weighted by Gasteiger charge is 2.20. The Labute approximate surface area is 146 Å². The standard InChI is InChI=1S/C18H13BrFNO3/c1-23-18(22)16-17(24-10-11-5-3-2-4-6-11)13-7-12(20)8-15(19)14(13)9-21-16/h2-9H,10H2,1H3. The van der Waals surface area contributed by atoms with Gasteiger partial charge in [0.05, 0.1) is 7.11 Å². The zero-order chi connectivity index (χ0) is 17.1. The van der Waals surface area contributed by atoms with E-state index in [-0.39, 0.29) is 18.1 Å². The number of benzene rings is 2. The second kappa shape index (κ2) is 6.97. The Bertz CT molecular complexity index is 900. The lowest BCUT2D eigenvalue weighted by molar-refractivity contribution is 0.0589. The number of aromatic nitrogens is 1. The molecule has 3 rings (SSSR count). The molecule has 0 aliphatic rings. The van der Waals surface area contributed by atoms with Gasteiger partial charge in [0.15, 0.2) is 11.4 Å². The van der Waals surface area contributed by atoms with Crippen LogP contribution in [0.25, 0.3) is 10.8 Å². The Hall–Kier alpha value is -2.47. The molecule has 0 saturated heterocycles. The molecule has 4 nitrogen and oxygen atoms in total. The fourth-order valence-electron chi connectivity index (χ4n) is 2.34. The maximum Gasteiger partial charge on any atom is 0.360 e. The normalized spacial score (nSPS) is 10.6. The lowest BCUT2D eigenvalue weighted by atomic mass is 10.1. The fraction of sp³-hybridized carbons (Fsp3) is 0.111. The monoisotopic (exact) mass is 389 g/mol. The molecule has 0 fully saturated rings. The van der Waals surface area contributed by atoms with Crippen molar-refractivity contribution in [1.82, 2.24) is 4.98 Å². The molecule has 0 N–H and O–H groups in total. The molecule has 2 aromatic carbocycles. The highest BCUT2D eigenvalue weighted by Crippen LogP contribution is 2.34. The first-order chi connectivity index (χ1) is 11.6. The van der Waals surface area contributed by atoms with Crippen LogP contribution in [-0.2, 0) is 11.3 Å². The number of hydrogen-bond donors (Lipinski definition) is 0. The SMILES string of the molecule is COC(=O)c1ncc2c(Br)cc(F)cc2c1OCc1ccccc1. The number of rotatable bonds is 4. The quantitative estimate of drug-likeness (QED) is 0.616. The van der Waals surface area contributed by atoms with Crippen molar-refractivity contribution in [3.05, 3.63) is 70.2 Å². The van der Waals surface area contributed by atoms with Crippen molar-refractivity contribution in [2.45, 2.75) is 6.61 Å². The molecule has 0 aliphatic heterocycles. The summed E-state index contributed by atoms with van der Waals surface area (Å²) in [5.41, 5.74) is 0.930. The molecule has 24 heavy (non-hydrogen) atoms. The summed E-state index contributed by atoms with van der Waals surface area (Å²) >= 11 is 3.30. The first kappa shape index (κ1) is 16.4. The summed E-state index contributed by atoms with van der Waals surface area (Å²) in [5, 5.41) is 1.10. The Balaban J connectivity index is 2.11. The summed E-state index contributed by atoms with van der Waals surface area (Å²) in [6.07, 6.45) is 1.49. The summed E-state index contributed by atoms with van der Waals surface area (Å²) in [6, 6.07) is 12.1. The summed E-state index contributed by atoms with van der Waals surface area (Å²) in [5.74, 6) is -0.885. The summed E-state index contributed by atoms with van der Waals surface area (Å²) in [6.45, 7) is 0.222. The molecule has 0 saturated carbocycles. The average molecular weight is 390 g/mol. The van der Waals surface area contributed by atoms with Crippen LogP contribution in [0.15, 0.2) is 53.1 Å². The van der Waals surface area contributed by atoms with Gasteiger partial charge in [0.1, 0.15) is 12.4 Å². The third kappa shape index (κ3) is 3.23. The molecule has 0 aliphatic carbocycles. The predicted octanol–water partition coefficient (Wildman–Crippen LogP) is 4.50. The summed E-state index contributed by atoms with van der Waals surface area (Å²) in [4.78, 5) is 16.1. The van der Waals surface area contributed by atoms with Crippen LogP contribution in [0.3, 0.4) is 0 Å². The van der Waals surface area contributed by atoms with E-state index in [1.165, 1.54) is 25.4 Å². The average Bonchev–Trinajstić information content (AvgIpc) is 2.59. The van der Waals surface area contributed by atoms with Crippen molar-refractivity contribution in [3.8, 4) is 5.75 Å². The number of pyridine rings is 1. The molecular weight excluding hydrogens is 377 g/mol. The Morgan fingerprint density at radius 3 is 2.67 bits per heavy atom. The molecule has 3 aromatic rings. The maximum atomic E-state index is 13.8. The van der Waals surface area contributed by atoms with Gasteiger partial charge in [-0.25, -0.2) is 14.2 Å². The van der Waals surface area contributed by atoms with Gasteiger partial charge in [0.2, 0.25) is 0 Å². The van der Waals surface area contributed by atoms with Gasteiger partial charge >= 0.3 is 5.97 Å². The van der Waals surface area contributed by atoms with E-state index in [1.54, 1.807) is 0 Å². The van der Waals surface area contributed by atoms with Crippen LogP contribution in [0, 0.1) is 5.82 Å². The van der Waals surface area contributed by atoms with Gasteiger partial charge in [-0.3, -0.25) is 0 Å². The molecule has 0 radical (unpaired) electrons. The van der Waals surface area contributed by atoms with Crippen molar-refractivity contribution >= 4 is 32.7 Å². The number of ether oxygens (including phenoxy) is 2. The molecule has 0 unspecified atom stereocenters. The van der Waals surface area contributed by atoms with Crippen molar-refractivity contribution in [2.75, 3.05) is 7.11 Å². The van der Waals surface area contributed by atoms with Crippen molar-refractivity contribution in [3.63, 3.8) is 0 Å². The van der Waals surface area contributed by atoms with Crippen molar-refractivity contribution in [1.29, 1.82) is 0 Å². The number of carbonyl (C=O) groups excluding carboxylic acids is 1. The Morgan fingerprint density at radius 2 is 1.96 bits per heavy atom. The highest BCUT2D eigenvalue weighted by atomic mass is 79.9. The van der Waals surface area contributed by atoms with Crippen LogP contribution in [0.1, 0.15) is 16.1 Å². The topological polar surface area (TPSA) is 48.4 Å². The third-order valence-corrected chi connectivity index (χ3v) is 4.14. The van der Waals surface area contributed by atoms with Crippen LogP contribution in [0.2, 0.25) is 0 Å². The number of methoxy groups -OCH3 is 1. The molecule has 0 atom stereocenters. The molecule has 1 heterocycles. The van der Waals surface area contributed by atoms with Crippen LogP contribution >= 0.6 is 15.9 Å². The minimum atomic E-state index is -0.639. The molecule has 0 amide bonds. The zero-order valence-corrected chi connectivity index (χ0v) is 14.3. The molecule has 1 aromatic heterocycles. The molecule has 0 spiro atoms. The van der Waals surface area contributed by atoms with Gasteiger partial charge in [0.25, 0.3) is 0 Å². The summed E-state index contributed by atoms with van der Waals surface area (Å²) in [7, 11) is 1.26. The van der Waals surface area contributed by atoms with Crippen LogP contribution in [0.4, 0.5) is 4.39 Å². The summed E-state index contributed by atoms with van der Waals surface area (Å²) < 4.78 is 24.9. The Kier molecular flexibility index (Phi) is 4.76. The molecule has 122 valence electrons. The van der Waals surface area contributed by atoms with E-state index >= 15 is 0 Å².